The number of nitrogens with zero attached hydrogens (tertiary/aromatic N) is 1. The molecule has 0 unspecified atom stereocenters. The van der Waals surface area contributed by atoms with Gasteiger partial charge >= 0.3 is 0 Å². The topological polar surface area (TPSA) is 61.4 Å². The van der Waals surface area contributed by atoms with Crippen molar-refractivity contribution >= 4 is 11.8 Å². The highest BCUT2D eigenvalue weighted by atomic mass is 16.2. The molecule has 0 aliphatic carbocycles. The summed E-state index contributed by atoms with van der Waals surface area (Å²) in [6, 6.07) is 10.5. The number of rotatable bonds is 10. The van der Waals surface area contributed by atoms with E-state index in [-0.39, 0.29) is 11.8 Å². The van der Waals surface area contributed by atoms with Gasteiger partial charge in [-0.25, -0.2) is 0 Å². The number of nitrogens with one attached hydrogen (secondary N) is 2. The zero-order valence-electron chi connectivity index (χ0n) is 15.3. The Balaban J connectivity index is 2.16. The van der Waals surface area contributed by atoms with E-state index in [0.717, 1.165) is 12.1 Å². The van der Waals surface area contributed by atoms with Crippen molar-refractivity contribution in [1.82, 2.24) is 15.5 Å². The van der Waals surface area contributed by atoms with Crippen LogP contribution in [0.4, 0.5) is 0 Å². The summed E-state index contributed by atoms with van der Waals surface area (Å²) in [4.78, 5) is 26.0. The van der Waals surface area contributed by atoms with Crippen molar-refractivity contribution in [2.75, 3.05) is 19.6 Å². The minimum absolute atomic E-state index is 0.0255. The third kappa shape index (κ3) is 8.11. The van der Waals surface area contributed by atoms with E-state index in [9.17, 15) is 9.59 Å². The first kappa shape index (κ1) is 20.2. The fraction of sp³-hybridized carbons (Fsp3) is 0.579. The molecule has 1 rings (SSSR count). The Morgan fingerprint density at radius 3 is 2.08 bits per heavy atom. The van der Waals surface area contributed by atoms with Crippen LogP contribution in [0.3, 0.4) is 0 Å². The molecule has 0 heterocycles. The lowest BCUT2D eigenvalue weighted by Crippen LogP contribution is -2.42. The van der Waals surface area contributed by atoms with Crippen LogP contribution in [0, 0.1) is 0 Å². The van der Waals surface area contributed by atoms with E-state index in [2.05, 4.69) is 43.2 Å². The predicted molar refractivity (Wildman–Crippen MR) is 97.8 cm³/mol. The van der Waals surface area contributed by atoms with Crippen LogP contribution >= 0.6 is 0 Å². The average molecular weight is 333 g/mol. The number of benzene rings is 1. The maximum Gasteiger partial charge on any atom is 0.224 e. The highest BCUT2D eigenvalue weighted by Gasteiger charge is 2.13. The zero-order valence-corrected chi connectivity index (χ0v) is 15.3. The first-order chi connectivity index (χ1) is 11.4. The van der Waals surface area contributed by atoms with Crippen LogP contribution in [0.2, 0.25) is 0 Å². The van der Waals surface area contributed by atoms with Crippen molar-refractivity contribution in [3.8, 4) is 0 Å². The molecule has 0 saturated heterocycles. The van der Waals surface area contributed by atoms with Crippen molar-refractivity contribution in [2.24, 2.45) is 0 Å². The van der Waals surface area contributed by atoms with Crippen LogP contribution in [0.5, 0.6) is 0 Å². The van der Waals surface area contributed by atoms with E-state index in [1.54, 1.807) is 0 Å². The molecular weight excluding hydrogens is 302 g/mol. The maximum absolute atomic E-state index is 11.8. The van der Waals surface area contributed by atoms with E-state index in [4.69, 9.17) is 0 Å². The van der Waals surface area contributed by atoms with Gasteiger partial charge in [-0.15, -0.1) is 0 Å². The summed E-state index contributed by atoms with van der Waals surface area (Å²) >= 11 is 0. The molecule has 0 spiro atoms. The number of carbonyl (C=O) groups excluding carboxylic acids is 2. The largest absolute Gasteiger partial charge is 0.355 e. The van der Waals surface area contributed by atoms with E-state index in [1.807, 2.05) is 30.3 Å². The molecule has 0 atom stereocenters. The number of hydrogen-bond donors (Lipinski definition) is 2. The van der Waals surface area contributed by atoms with Crippen molar-refractivity contribution < 1.29 is 9.59 Å². The van der Waals surface area contributed by atoms with Gasteiger partial charge in [0.25, 0.3) is 0 Å². The molecule has 2 amide bonds. The van der Waals surface area contributed by atoms with Crippen LogP contribution in [-0.4, -0.2) is 48.4 Å². The summed E-state index contributed by atoms with van der Waals surface area (Å²) in [5.74, 6) is -0.0812. The SMILES string of the molecule is CC(C)N(CCNC(=O)CCNC(=O)Cc1ccccc1)C(C)C. The Hall–Kier alpha value is -1.88. The quantitative estimate of drug-likeness (QED) is 0.688. The normalized spacial score (nSPS) is 11.1. The van der Waals surface area contributed by atoms with Crippen molar-refractivity contribution in [1.29, 1.82) is 0 Å². The smallest absolute Gasteiger partial charge is 0.224 e. The lowest BCUT2D eigenvalue weighted by atomic mass is 10.1. The average Bonchev–Trinajstić information content (AvgIpc) is 2.51. The molecule has 0 radical (unpaired) electrons. The van der Waals surface area contributed by atoms with Gasteiger partial charge in [-0.2, -0.15) is 0 Å². The van der Waals surface area contributed by atoms with Crippen LogP contribution in [-0.2, 0) is 16.0 Å². The molecule has 0 saturated carbocycles. The van der Waals surface area contributed by atoms with E-state index in [1.165, 1.54) is 0 Å². The van der Waals surface area contributed by atoms with Gasteiger partial charge in [0.05, 0.1) is 6.42 Å². The highest BCUT2D eigenvalue weighted by Crippen LogP contribution is 2.03. The van der Waals surface area contributed by atoms with Gasteiger partial charge in [0, 0.05) is 38.1 Å². The Morgan fingerprint density at radius 2 is 1.50 bits per heavy atom. The summed E-state index contributed by atoms with van der Waals surface area (Å²) in [7, 11) is 0. The van der Waals surface area contributed by atoms with Gasteiger partial charge in [-0.05, 0) is 33.3 Å². The number of amides is 2. The number of carbonyl (C=O) groups is 2. The summed E-state index contributed by atoms with van der Waals surface area (Å²) < 4.78 is 0. The van der Waals surface area contributed by atoms with Crippen LogP contribution in [0.15, 0.2) is 30.3 Å². The summed E-state index contributed by atoms with van der Waals surface area (Å²) in [6.07, 6.45) is 0.657. The Labute approximate surface area is 145 Å². The third-order valence-corrected chi connectivity index (χ3v) is 3.90. The molecule has 0 aliphatic heterocycles. The first-order valence-electron chi connectivity index (χ1n) is 8.73. The molecule has 0 aliphatic rings. The molecular formula is C19H31N3O2. The zero-order chi connectivity index (χ0) is 17.9. The van der Waals surface area contributed by atoms with Gasteiger partial charge < -0.3 is 10.6 Å². The molecule has 0 aromatic heterocycles. The lowest BCUT2D eigenvalue weighted by molar-refractivity contribution is -0.122. The minimum atomic E-state index is -0.0557. The molecule has 1 aromatic rings. The summed E-state index contributed by atoms with van der Waals surface area (Å²) in [5.41, 5.74) is 0.974. The molecule has 24 heavy (non-hydrogen) atoms. The van der Waals surface area contributed by atoms with E-state index < -0.39 is 0 Å². The summed E-state index contributed by atoms with van der Waals surface area (Å²) in [5, 5.41) is 5.70. The fourth-order valence-corrected chi connectivity index (χ4v) is 2.68. The van der Waals surface area contributed by atoms with Gasteiger partial charge in [0.15, 0.2) is 0 Å². The Morgan fingerprint density at radius 1 is 0.917 bits per heavy atom. The van der Waals surface area contributed by atoms with Gasteiger partial charge in [-0.3, -0.25) is 14.5 Å². The summed E-state index contributed by atoms with van der Waals surface area (Å²) in [6.45, 7) is 10.5. The third-order valence-electron chi connectivity index (χ3n) is 3.90. The second kappa shape index (κ2) is 10.8. The lowest BCUT2D eigenvalue weighted by Gasteiger charge is -2.30. The molecule has 2 N–H and O–H groups in total. The minimum Gasteiger partial charge on any atom is -0.355 e. The Kier molecular flexibility index (Phi) is 9.08. The fourth-order valence-electron chi connectivity index (χ4n) is 2.68. The highest BCUT2D eigenvalue weighted by molar-refractivity contribution is 5.80. The second-order valence-corrected chi connectivity index (χ2v) is 6.54. The van der Waals surface area contributed by atoms with Crippen LogP contribution in [0.1, 0.15) is 39.7 Å². The van der Waals surface area contributed by atoms with Crippen molar-refractivity contribution in [3.63, 3.8) is 0 Å². The Bertz CT molecular complexity index is 493. The monoisotopic (exact) mass is 333 g/mol. The standard InChI is InChI=1S/C19H31N3O2/c1-15(2)22(16(3)4)13-12-21-18(23)10-11-20-19(24)14-17-8-6-5-7-9-17/h5-9,15-16H,10-14H2,1-4H3,(H,20,24)(H,21,23). The predicted octanol–water partition coefficient (Wildman–Crippen LogP) is 1.97. The van der Waals surface area contributed by atoms with Crippen molar-refractivity contribution in [2.45, 2.75) is 52.6 Å². The second-order valence-electron chi connectivity index (χ2n) is 6.54. The molecule has 134 valence electrons. The van der Waals surface area contributed by atoms with Gasteiger partial charge in [0.2, 0.25) is 11.8 Å². The van der Waals surface area contributed by atoms with Gasteiger partial charge in [0.1, 0.15) is 0 Å². The van der Waals surface area contributed by atoms with Crippen LogP contribution in [0.25, 0.3) is 0 Å². The van der Waals surface area contributed by atoms with Crippen molar-refractivity contribution in [3.05, 3.63) is 35.9 Å². The van der Waals surface area contributed by atoms with Gasteiger partial charge in [-0.1, -0.05) is 30.3 Å². The van der Waals surface area contributed by atoms with Crippen LogP contribution < -0.4 is 10.6 Å². The molecule has 5 nitrogen and oxygen atoms in total. The molecule has 0 bridgehead atoms. The molecule has 0 fully saturated rings. The molecule has 1 aromatic carbocycles. The number of hydrogen-bond acceptors (Lipinski definition) is 3. The first-order valence-corrected chi connectivity index (χ1v) is 8.73. The van der Waals surface area contributed by atoms with E-state index in [0.29, 0.717) is 38.0 Å². The maximum atomic E-state index is 11.8. The molecule has 5 heteroatoms. The van der Waals surface area contributed by atoms with E-state index >= 15 is 0 Å².